The van der Waals surface area contributed by atoms with Crippen molar-refractivity contribution in [3.63, 3.8) is 0 Å². The molecule has 0 saturated carbocycles. The van der Waals surface area contributed by atoms with Gasteiger partial charge in [-0.05, 0) is 37.3 Å². The molecule has 1 aromatic carbocycles. The van der Waals surface area contributed by atoms with Gasteiger partial charge in [-0.15, -0.1) is 0 Å². The summed E-state index contributed by atoms with van der Waals surface area (Å²) in [7, 11) is 0. The van der Waals surface area contributed by atoms with E-state index in [1.807, 2.05) is 35.2 Å². The first-order chi connectivity index (χ1) is 10.7. The molecule has 0 aliphatic carbocycles. The van der Waals surface area contributed by atoms with E-state index in [2.05, 4.69) is 10.6 Å². The molecule has 2 amide bonds. The van der Waals surface area contributed by atoms with Crippen molar-refractivity contribution in [3.8, 4) is 0 Å². The van der Waals surface area contributed by atoms with Crippen molar-refractivity contribution in [1.29, 1.82) is 0 Å². The van der Waals surface area contributed by atoms with E-state index in [4.69, 9.17) is 0 Å². The largest absolute Gasteiger partial charge is 0.352 e. The maximum atomic E-state index is 12.3. The summed E-state index contributed by atoms with van der Waals surface area (Å²) in [5, 5.41) is 6.27. The second-order valence-electron chi connectivity index (χ2n) is 6.17. The standard InChI is InChI=1S/C17H23N3O2/c21-16(14-6-2-1-3-7-14)19-12-13-10-15(18-11-13)17(22)20-8-4-5-9-20/h1-3,6-7,13,15,18H,4-5,8-12H2,(H,19,21). The highest BCUT2D eigenvalue weighted by molar-refractivity contribution is 5.94. The molecule has 5 nitrogen and oxygen atoms in total. The van der Waals surface area contributed by atoms with Gasteiger partial charge < -0.3 is 15.5 Å². The normalized spacial score (nSPS) is 24.5. The Morgan fingerprint density at radius 3 is 2.64 bits per heavy atom. The zero-order chi connectivity index (χ0) is 15.4. The van der Waals surface area contributed by atoms with Gasteiger partial charge in [-0.1, -0.05) is 18.2 Å². The predicted molar refractivity (Wildman–Crippen MR) is 84.5 cm³/mol. The lowest BCUT2D eigenvalue weighted by Crippen LogP contribution is -2.42. The molecule has 5 heteroatoms. The Balaban J connectivity index is 1.45. The Bertz CT molecular complexity index is 526. The summed E-state index contributed by atoms with van der Waals surface area (Å²) in [6.07, 6.45) is 3.05. The average Bonchev–Trinajstić information content (AvgIpc) is 3.24. The van der Waals surface area contributed by atoms with Crippen molar-refractivity contribution >= 4 is 11.8 Å². The van der Waals surface area contributed by atoms with Crippen molar-refractivity contribution in [1.82, 2.24) is 15.5 Å². The van der Waals surface area contributed by atoms with E-state index in [-0.39, 0.29) is 17.9 Å². The van der Waals surface area contributed by atoms with Crippen LogP contribution in [0.25, 0.3) is 0 Å². The van der Waals surface area contributed by atoms with Crippen LogP contribution in [0.1, 0.15) is 29.6 Å². The maximum Gasteiger partial charge on any atom is 0.251 e. The molecule has 2 aliphatic rings. The average molecular weight is 301 g/mol. The van der Waals surface area contributed by atoms with E-state index in [9.17, 15) is 9.59 Å². The number of nitrogens with zero attached hydrogens (tertiary/aromatic N) is 1. The summed E-state index contributed by atoms with van der Waals surface area (Å²) in [5.41, 5.74) is 0.679. The third-order valence-electron chi connectivity index (χ3n) is 4.53. The Labute approximate surface area is 131 Å². The van der Waals surface area contributed by atoms with Crippen molar-refractivity contribution in [2.45, 2.75) is 25.3 Å². The molecular weight excluding hydrogens is 278 g/mol. The third kappa shape index (κ3) is 3.47. The Kier molecular flexibility index (Phi) is 4.73. The van der Waals surface area contributed by atoms with E-state index < -0.39 is 0 Å². The molecule has 2 heterocycles. The molecule has 3 rings (SSSR count). The summed E-state index contributed by atoms with van der Waals surface area (Å²) in [5.74, 6) is 0.508. The van der Waals surface area contributed by atoms with Gasteiger partial charge in [-0.2, -0.15) is 0 Å². The fourth-order valence-electron chi connectivity index (χ4n) is 3.24. The van der Waals surface area contributed by atoms with Crippen LogP contribution in [0.3, 0.4) is 0 Å². The van der Waals surface area contributed by atoms with E-state index in [1.54, 1.807) is 0 Å². The molecule has 22 heavy (non-hydrogen) atoms. The van der Waals surface area contributed by atoms with Gasteiger partial charge in [0, 0.05) is 31.7 Å². The van der Waals surface area contributed by atoms with E-state index in [0.717, 1.165) is 38.9 Å². The van der Waals surface area contributed by atoms with Gasteiger partial charge in [0.1, 0.15) is 0 Å². The monoisotopic (exact) mass is 301 g/mol. The van der Waals surface area contributed by atoms with Crippen LogP contribution in [-0.2, 0) is 4.79 Å². The maximum absolute atomic E-state index is 12.3. The molecule has 0 spiro atoms. The first-order valence-corrected chi connectivity index (χ1v) is 8.09. The zero-order valence-corrected chi connectivity index (χ0v) is 12.8. The highest BCUT2D eigenvalue weighted by Gasteiger charge is 2.33. The number of carbonyl (C=O) groups is 2. The number of nitrogens with one attached hydrogen (secondary N) is 2. The minimum absolute atomic E-state index is 0.0464. The van der Waals surface area contributed by atoms with E-state index >= 15 is 0 Å². The van der Waals surface area contributed by atoms with Gasteiger partial charge in [-0.25, -0.2) is 0 Å². The molecule has 118 valence electrons. The molecule has 0 radical (unpaired) electrons. The Hall–Kier alpha value is -1.88. The van der Waals surface area contributed by atoms with Gasteiger partial charge in [0.2, 0.25) is 5.91 Å². The number of likely N-dealkylation sites (tertiary alicyclic amines) is 1. The summed E-state index contributed by atoms with van der Waals surface area (Å²) in [6.45, 7) is 3.20. The summed E-state index contributed by atoms with van der Waals surface area (Å²) >= 11 is 0. The molecule has 0 bridgehead atoms. The van der Waals surface area contributed by atoms with Crippen LogP contribution in [0.2, 0.25) is 0 Å². The molecule has 2 unspecified atom stereocenters. The second kappa shape index (κ2) is 6.92. The van der Waals surface area contributed by atoms with Gasteiger partial charge in [0.05, 0.1) is 6.04 Å². The molecule has 2 N–H and O–H groups in total. The predicted octanol–water partition coefficient (Wildman–Crippen LogP) is 1.02. The summed E-state index contributed by atoms with van der Waals surface area (Å²) in [6, 6.07) is 9.15. The zero-order valence-electron chi connectivity index (χ0n) is 12.8. The Morgan fingerprint density at radius 2 is 1.91 bits per heavy atom. The number of hydrogen-bond donors (Lipinski definition) is 2. The number of amides is 2. The number of carbonyl (C=O) groups excluding carboxylic acids is 2. The van der Waals surface area contributed by atoms with Crippen molar-refractivity contribution in [2.75, 3.05) is 26.2 Å². The van der Waals surface area contributed by atoms with Gasteiger partial charge in [-0.3, -0.25) is 9.59 Å². The molecule has 2 fully saturated rings. The number of hydrogen-bond acceptors (Lipinski definition) is 3. The summed E-state index contributed by atoms with van der Waals surface area (Å²) < 4.78 is 0. The first kappa shape index (κ1) is 15.0. The van der Waals surface area contributed by atoms with Crippen molar-refractivity contribution < 1.29 is 9.59 Å². The minimum atomic E-state index is -0.0725. The number of benzene rings is 1. The molecule has 1 aromatic rings. The molecular formula is C17H23N3O2. The summed E-state index contributed by atoms with van der Waals surface area (Å²) in [4.78, 5) is 26.3. The molecule has 2 saturated heterocycles. The lowest BCUT2D eigenvalue weighted by Gasteiger charge is -2.20. The second-order valence-corrected chi connectivity index (χ2v) is 6.17. The molecule has 2 aliphatic heterocycles. The highest BCUT2D eigenvalue weighted by Crippen LogP contribution is 2.18. The van der Waals surface area contributed by atoms with Crippen molar-refractivity contribution in [3.05, 3.63) is 35.9 Å². The van der Waals surface area contributed by atoms with Crippen LogP contribution in [0.5, 0.6) is 0 Å². The van der Waals surface area contributed by atoms with Crippen LogP contribution in [-0.4, -0.2) is 48.9 Å². The SMILES string of the molecule is O=C(NCC1CNC(C(=O)N2CCCC2)C1)c1ccccc1. The smallest absolute Gasteiger partial charge is 0.251 e. The lowest BCUT2D eigenvalue weighted by molar-refractivity contribution is -0.132. The Morgan fingerprint density at radius 1 is 1.18 bits per heavy atom. The molecule has 2 atom stereocenters. The van der Waals surface area contributed by atoms with Gasteiger partial charge in [0.15, 0.2) is 0 Å². The minimum Gasteiger partial charge on any atom is -0.352 e. The quantitative estimate of drug-likeness (QED) is 0.873. The fraction of sp³-hybridized carbons (Fsp3) is 0.529. The van der Waals surface area contributed by atoms with E-state index in [1.165, 1.54) is 0 Å². The first-order valence-electron chi connectivity index (χ1n) is 8.09. The topological polar surface area (TPSA) is 61.4 Å². The third-order valence-corrected chi connectivity index (χ3v) is 4.53. The van der Waals surface area contributed by atoms with Crippen LogP contribution in [0, 0.1) is 5.92 Å². The lowest BCUT2D eigenvalue weighted by atomic mass is 10.0. The van der Waals surface area contributed by atoms with Crippen LogP contribution >= 0.6 is 0 Å². The number of rotatable bonds is 4. The van der Waals surface area contributed by atoms with Crippen LogP contribution in [0.4, 0.5) is 0 Å². The fourth-order valence-corrected chi connectivity index (χ4v) is 3.24. The van der Waals surface area contributed by atoms with E-state index in [0.29, 0.717) is 18.0 Å². The van der Waals surface area contributed by atoms with Gasteiger partial charge in [0.25, 0.3) is 5.91 Å². The van der Waals surface area contributed by atoms with Gasteiger partial charge >= 0.3 is 0 Å². The van der Waals surface area contributed by atoms with Crippen LogP contribution in [0.15, 0.2) is 30.3 Å². The highest BCUT2D eigenvalue weighted by atomic mass is 16.2. The van der Waals surface area contributed by atoms with Crippen molar-refractivity contribution in [2.24, 2.45) is 5.92 Å². The van der Waals surface area contributed by atoms with Crippen LogP contribution < -0.4 is 10.6 Å². The molecule has 0 aromatic heterocycles.